The van der Waals surface area contributed by atoms with Gasteiger partial charge in [0.2, 0.25) is 0 Å². The van der Waals surface area contributed by atoms with E-state index in [0.29, 0.717) is 21.9 Å². The van der Waals surface area contributed by atoms with Crippen LogP contribution in [0.15, 0.2) is 47.3 Å². The van der Waals surface area contributed by atoms with Crippen molar-refractivity contribution in [3.05, 3.63) is 63.5 Å². The number of aliphatic carboxylic acids is 1. The molecule has 134 valence electrons. The second kappa shape index (κ2) is 7.71. The monoisotopic (exact) mass is 437 g/mol. The number of nitrogens with one attached hydrogen (secondary N) is 1. The summed E-state index contributed by atoms with van der Waals surface area (Å²) in [5.41, 5.74) is 1.13. The van der Waals surface area contributed by atoms with Gasteiger partial charge in [0.05, 0.1) is 22.8 Å². The Morgan fingerprint density at radius 1 is 1.23 bits per heavy atom. The average molecular weight is 439 g/mol. The number of carboxylic acid groups (broad SMARTS) is 1. The van der Waals surface area contributed by atoms with Gasteiger partial charge in [0.25, 0.3) is 5.91 Å². The number of carboxylic acids is 1. The Bertz CT molecular complexity index is 968. The minimum absolute atomic E-state index is 0.235. The minimum Gasteiger partial charge on any atom is -0.480 e. The summed E-state index contributed by atoms with van der Waals surface area (Å²) in [6.07, 6.45) is 4.39. The maximum atomic E-state index is 12.3. The van der Waals surface area contributed by atoms with Crippen molar-refractivity contribution in [3.63, 3.8) is 0 Å². The molecule has 2 aromatic heterocycles. The summed E-state index contributed by atoms with van der Waals surface area (Å²) >= 11 is 9.51. The molecule has 1 aromatic carbocycles. The van der Waals surface area contributed by atoms with Crippen LogP contribution in [0.2, 0.25) is 5.02 Å². The van der Waals surface area contributed by atoms with Gasteiger partial charge in [-0.1, -0.05) is 29.8 Å². The van der Waals surface area contributed by atoms with Crippen LogP contribution in [0.3, 0.4) is 0 Å². The van der Waals surface area contributed by atoms with Crippen LogP contribution in [0.4, 0.5) is 5.82 Å². The number of anilines is 1. The largest absolute Gasteiger partial charge is 0.480 e. The lowest BCUT2D eigenvalue weighted by atomic mass is 10.2. The zero-order valence-electron chi connectivity index (χ0n) is 13.3. The molecule has 0 fully saturated rings. The fraction of sp³-hybridized carbons (Fsp3) is 0.125. The van der Waals surface area contributed by atoms with E-state index in [4.69, 9.17) is 16.7 Å². The van der Waals surface area contributed by atoms with Crippen LogP contribution in [0, 0.1) is 0 Å². The highest BCUT2D eigenvalue weighted by Gasteiger charge is 2.15. The molecule has 8 nitrogen and oxygen atoms in total. The molecule has 0 saturated heterocycles. The lowest BCUT2D eigenvalue weighted by Crippen LogP contribution is -2.13. The fourth-order valence-electron chi connectivity index (χ4n) is 2.25. The van der Waals surface area contributed by atoms with Gasteiger partial charge >= 0.3 is 5.97 Å². The van der Waals surface area contributed by atoms with Crippen LogP contribution in [-0.2, 0) is 17.9 Å². The standard InChI is InChI=1S/C16H13BrClN5O3/c17-12-8-23(6-10-3-1-2-4-13(10)18)21-15(12)20-16(26)11-5-19-22(7-11)9-14(24)25/h1-5,7-8H,6,9H2,(H,24,25)(H,20,21,26). The number of aromatic nitrogens is 4. The van der Waals surface area contributed by atoms with Crippen LogP contribution in [-0.4, -0.2) is 36.5 Å². The molecule has 0 aliphatic carbocycles. The Balaban J connectivity index is 1.71. The van der Waals surface area contributed by atoms with E-state index in [2.05, 4.69) is 31.4 Å². The van der Waals surface area contributed by atoms with Crippen LogP contribution >= 0.6 is 27.5 Å². The molecule has 3 aromatic rings. The summed E-state index contributed by atoms with van der Waals surface area (Å²) in [6, 6.07) is 7.43. The van der Waals surface area contributed by atoms with Crippen molar-refractivity contribution in [1.82, 2.24) is 19.6 Å². The molecular weight excluding hydrogens is 426 g/mol. The lowest BCUT2D eigenvalue weighted by Gasteiger charge is -2.04. The van der Waals surface area contributed by atoms with E-state index in [9.17, 15) is 9.59 Å². The molecule has 3 rings (SSSR count). The van der Waals surface area contributed by atoms with E-state index < -0.39 is 11.9 Å². The molecular formula is C16H13BrClN5O3. The van der Waals surface area contributed by atoms with E-state index in [1.165, 1.54) is 17.1 Å². The SMILES string of the molecule is O=C(O)Cn1cc(C(=O)Nc2nn(Cc3ccccc3Cl)cc2Br)cn1. The second-order valence-electron chi connectivity index (χ2n) is 5.39. The first-order valence-electron chi connectivity index (χ1n) is 7.44. The molecule has 0 bridgehead atoms. The topological polar surface area (TPSA) is 102 Å². The number of halogens is 2. The summed E-state index contributed by atoms with van der Waals surface area (Å²) in [7, 11) is 0. The second-order valence-corrected chi connectivity index (χ2v) is 6.65. The van der Waals surface area contributed by atoms with Crippen molar-refractivity contribution in [3.8, 4) is 0 Å². The molecule has 0 spiro atoms. The van der Waals surface area contributed by atoms with Gasteiger partial charge in [0, 0.05) is 17.4 Å². The molecule has 0 radical (unpaired) electrons. The van der Waals surface area contributed by atoms with Gasteiger partial charge in [-0.3, -0.25) is 19.0 Å². The van der Waals surface area contributed by atoms with Crippen molar-refractivity contribution < 1.29 is 14.7 Å². The third kappa shape index (κ3) is 4.30. The van der Waals surface area contributed by atoms with Gasteiger partial charge in [0.15, 0.2) is 5.82 Å². The van der Waals surface area contributed by atoms with Crippen LogP contribution < -0.4 is 5.32 Å². The van der Waals surface area contributed by atoms with Crippen molar-refractivity contribution in [2.24, 2.45) is 0 Å². The van der Waals surface area contributed by atoms with E-state index in [-0.39, 0.29) is 12.1 Å². The predicted molar refractivity (Wildman–Crippen MR) is 98.3 cm³/mol. The molecule has 10 heteroatoms. The Kier molecular flexibility index (Phi) is 5.38. The first-order chi connectivity index (χ1) is 12.4. The molecule has 0 atom stereocenters. The van der Waals surface area contributed by atoms with Gasteiger partial charge in [-0.2, -0.15) is 10.2 Å². The van der Waals surface area contributed by atoms with Crippen molar-refractivity contribution >= 4 is 45.2 Å². The van der Waals surface area contributed by atoms with Gasteiger partial charge < -0.3 is 10.4 Å². The number of amides is 1. The Labute approximate surface area is 161 Å². The Morgan fingerprint density at radius 3 is 2.73 bits per heavy atom. The first-order valence-corrected chi connectivity index (χ1v) is 8.61. The average Bonchev–Trinajstić information content (AvgIpc) is 3.16. The number of nitrogens with zero attached hydrogens (tertiary/aromatic N) is 4. The van der Waals surface area contributed by atoms with Crippen molar-refractivity contribution in [1.29, 1.82) is 0 Å². The molecule has 0 aliphatic heterocycles. The smallest absolute Gasteiger partial charge is 0.325 e. The van der Waals surface area contributed by atoms with E-state index in [1.807, 2.05) is 18.2 Å². The van der Waals surface area contributed by atoms with Gasteiger partial charge in [-0.05, 0) is 27.6 Å². The highest BCUT2D eigenvalue weighted by Crippen LogP contribution is 2.23. The first kappa shape index (κ1) is 18.2. The summed E-state index contributed by atoms with van der Waals surface area (Å²) in [6.45, 7) is 0.133. The third-order valence-electron chi connectivity index (χ3n) is 3.43. The van der Waals surface area contributed by atoms with Crippen LogP contribution in [0.25, 0.3) is 0 Å². The Morgan fingerprint density at radius 2 is 2.00 bits per heavy atom. The lowest BCUT2D eigenvalue weighted by molar-refractivity contribution is -0.137. The van der Waals surface area contributed by atoms with E-state index >= 15 is 0 Å². The maximum absolute atomic E-state index is 12.3. The van der Waals surface area contributed by atoms with Crippen molar-refractivity contribution in [2.75, 3.05) is 5.32 Å². The summed E-state index contributed by atoms with van der Waals surface area (Å²) in [4.78, 5) is 23.0. The zero-order chi connectivity index (χ0) is 18.7. The number of hydrogen-bond acceptors (Lipinski definition) is 4. The molecule has 2 N–H and O–H groups in total. The Hall–Kier alpha value is -2.65. The van der Waals surface area contributed by atoms with Crippen molar-refractivity contribution in [2.45, 2.75) is 13.1 Å². The van der Waals surface area contributed by atoms with E-state index in [1.54, 1.807) is 16.9 Å². The van der Waals surface area contributed by atoms with Gasteiger partial charge in [-0.15, -0.1) is 0 Å². The molecule has 0 aliphatic rings. The predicted octanol–water partition coefficient (Wildman–Crippen LogP) is 2.88. The highest BCUT2D eigenvalue weighted by molar-refractivity contribution is 9.10. The molecule has 0 unspecified atom stereocenters. The third-order valence-corrected chi connectivity index (χ3v) is 4.38. The quantitative estimate of drug-likeness (QED) is 0.616. The van der Waals surface area contributed by atoms with E-state index in [0.717, 1.165) is 5.56 Å². The maximum Gasteiger partial charge on any atom is 0.325 e. The number of hydrogen-bond donors (Lipinski definition) is 2. The molecule has 1 amide bonds. The summed E-state index contributed by atoms with van der Waals surface area (Å²) in [5, 5.41) is 20.2. The summed E-state index contributed by atoms with van der Waals surface area (Å²) < 4.78 is 3.42. The number of benzene rings is 1. The fourth-order valence-corrected chi connectivity index (χ4v) is 2.86. The molecule has 2 heterocycles. The summed E-state index contributed by atoms with van der Waals surface area (Å²) in [5.74, 6) is -1.14. The van der Waals surface area contributed by atoms with Crippen LogP contribution in [0.1, 0.15) is 15.9 Å². The number of rotatable bonds is 6. The molecule has 0 saturated carbocycles. The minimum atomic E-state index is -1.04. The van der Waals surface area contributed by atoms with Gasteiger partial charge in [-0.25, -0.2) is 0 Å². The highest BCUT2D eigenvalue weighted by atomic mass is 79.9. The zero-order valence-corrected chi connectivity index (χ0v) is 15.6. The number of carbonyl (C=O) groups excluding carboxylic acids is 1. The number of carbonyl (C=O) groups is 2. The van der Waals surface area contributed by atoms with Gasteiger partial charge in [0.1, 0.15) is 6.54 Å². The normalized spacial score (nSPS) is 10.7. The van der Waals surface area contributed by atoms with Crippen LogP contribution in [0.5, 0.6) is 0 Å². The molecule has 26 heavy (non-hydrogen) atoms.